The van der Waals surface area contributed by atoms with Gasteiger partial charge in [0.2, 0.25) is 0 Å². The van der Waals surface area contributed by atoms with Gasteiger partial charge in [0.25, 0.3) is 11.6 Å². The third-order valence-corrected chi connectivity index (χ3v) is 3.38. The van der Waals surface area contributed by atoms with E-state index in [0.29, 0.717) is 5.76 Å². The SMILES string of the molecule is C[C@H](OC(=O)c1cc([N+](=O)[O-])ccc1Cl)C(=O)NCc1ccco1. The predicted molar refractivity (Wildman–Crippen MR) is 83.5 cm³/mol. The first kappa shape index (κ1) is 17.5. The van der Waals surface area contributed by atoms with Crippen molar-refractivity contribution in [3.8, 4) is 0 Å². The summed E-state index contributed by atoms with van der Waals surface area (Å²) in [5, 5.41) is 13.3. The molecular weight excluding hydrogens is 340 g/mol. The highest BCUT2D eigenvalue weighted by Crippen LogP contribution is 2.23. The van der Waals surface area contributed by atoms with Crippen molar-refractivity contribution in [3.63, 3.8) is 0 Å². The normalized spacial score (nSPS) is 11.6. The molecule has 2 aromatic rings. The number of ether oxygens (including phenoxy) is 1. The maximum atomic E-state index is 12.1. The number of hydrogen-bond acceptors (Lipinski definition) is 6. The van der Waals surface area contributed by atoms with E-state index in [4.69, 9.17) is 20.8 Å². The predicted octanol–water partition coefficient (Wildman–Crippen LogP) is 2.70. The van der Waals surface area contributed by atoms with Crippen LogP contribution < -0.4 is 5.32 Å². The van der Waals surface area contributed by atoms with Gasteiger partial charge in [0, 0.05) is 12.1 Å². The molecule has 1 amide bonds. The fourth-order valence-corrected chi connectivity index (χ4v) is 1.99. The lowest BCUT2D eigenvalue weighted by Gasteiger charge is -2.13. The topological polar surface area (TPSA) is 112 Å². The number of carbonyl (C=O) groups is 2. The number of non-ortho nitro benzene ring substituents is 1. The van der Waals surface area contributed by atoms with Gasteiger partial charge < -0.3 is 14.5 Å². The lowest BCUT2D eigenvalue weighted by molar-refractivity contribution is -0.384. The van der Waals surface area contributed by atoms with E-state index in [1.807, 2.05) is 0 Å². The molecule has 0 aliphatic heterocycles. The quantitative estimate of drug-likeness (QED) is 0.486. The van der Waals surface area contributed by atoms with E-state index >= 15 is 0 Å². The van der Waals surface area contributed by atoms with Crippen molar-refractivity contribution in [1.29, 1.82) is 0 Å². The minimum atomic E-state index is -1.11. The van der Waals surface area contributed by atoms with Crippen LogP contribution in [0.25, 0.3) is 0 Å². The van der Waals surface area contributed by atoms with Gasteiger partial charge in [-0.3, -0.25) is 14.9 Å². The van der Waals surface area contributed by atoms with Crippen molar-refractivity contribution in [2.45, 2.75) is 19.6 Å². The van der Waals surface area contributed by atoms with Crippen LogP contribution >= 0.6 is 11.6 Å². The lowest BCUT2D eigenvalue weighted by atomic mass is 10.2. The Bertz CT molecular complexity index is 759. The van der Waals surface area contributed by atoms with Crippen LogP contribution in [-0.4, -0.2) is 22.9 Å². The summed E-state index contributed by atoms with van der Waals surface area (Å²) < 4.78 is 10.1. The number of nitro groups is 1. The Labute approximate surface area is 141 Å². The van der Waals surface area contributed by atoms with Gasteiger partial charge in [-0.2, -0.15) is 0 Å². The van der Waals surface area contributed by atoms with Crippen LogP contribution in [0.2, 0.25) is 5.02 Å². The molecule has 8 nitrogen and oxygen atoms in total. The summed E-state index contributed by atoms with van der Waals surface area (Å²) in [6.45, 7) is 1.52. The van der Waals surface area contributed by atoms with Crippen molar-refractivity contribution < 1.29 is 23.7 Å². The van der Waals surface area contributed by atoms with Gasteiger partial charge in [-0.1, -0.05) is 11.6 Å². The van der Waals surface area contributed by atoms with Crippen LogP contribution in [0, 0.1) is 10.1 Å². The zero-order valence-corrected chi connectivity index (χ0v) is 13.3. The van der Waals surface area contributed by atoms with E-state index in [0.717, 1.165) is 6.07 Å². The molecule has 0 aliphatic rings. The number of amides is 1. The Morgan fingerprint density at radius 3 is 2.79 bits per heavy atom. The number of halogens is 1. The minimum Gasteiger partial charge on any atom is -0.467 e. The molecule has 0 saturated heterocycles. The van der Waals surface area contributed by atoms with Gasteiger partial charge in [-0.05, 0) is 25.1 Å². The van der Waals surface area contributed by atoms with Crippen molar-refractivity contribution in [3.05, 3.63) is 63.1 Å². The molecule has 1 N–H and O–H groups in total. The highest BCUT2D eigenvalue weighted by Gasteiger charge is 2.22. The number of nitrogens with zero attached hydrogens (tertiary/aromatic N) is 1. The molecule has 0 fully saturated rings. The molecule has 1 aromatic carbocycles. The van der Waals surface area contributed by atoms with E-state index in [1.54, 1.807) is 12.1 Å². The van der Waals surface area contributed by atoms with Gasteiger partial charge in [0.15, 0.2) is 6.10 Å². The molecule has 1 aromatic heterocycles. The summed E-state index contributed by atoms with van der Waals surface area (Å²) in [7, 11) is 0. The van der Waals surface area contributed by atoms with Crippen molar-refractivity contribution in [1.82, 2.24) is 5.32 Å². The molecular formula is C15H13ClN2O6. The number of carbonyl (C=O) groups excluding carboxylic acids is 2. The first-order chi connectivity index (χ1) is 11.4. The van der Waals surface area contributed by atoms with Crippen LogP contribution in [0.3, 0.4) is 0 Å². The molecule has 0 aliphatic carbocycles. The molecule has 0 unspecified atom stereocenters. The summed E-state index contributed by atoms with van der Waals surface area (Å²) in [6.07, 6.45) is 0.359. The van der Waals surface area contributed by atoms with E-state index in [9.17, 15) is 19.7 Å². The van der Waals surface area contributed by atoms with Gasteiger partial charge in [0.1, 0.15) is 5.76 Å². The fourth-order valence-electron chi connectivity index (χ4n) is 1.79. The number of hydrogen-bond donors (Lipinski definition) is 1. The first-order valence-electron chi connectivity index (χ1n) is 6.83. The fraction of sp³-hybridized carbons (Fsp3) is 0.200. The van der Waals surface area contributed by atoms with Crippen LogP contribution in [0.4, 0.5) is 5.69 Å². The summed E-state index contributed by atoms with van der Waals surface area (Å²) in [5.74, 6) is -0.922. The second-order valence-electron chi connectivity index (χ2n) is 4.77. The first-order valence-corrected chi connectivity index (χ1v) is 7.21. The summed E-state index contributed by atoms with van der Waals surface area (Å²) >= 11 is 5.85. The van der Waals surface area contributed by atoms with Gasteiger partial charge in [0.05, 0.1) is 28.3 Å². The molecule has 0 radical (unpaired) electrons. The van der Waals surface area contributed by atoms with Crippen LogP contribution in [0.1, 0.15) is 23.0 Å². The highest BCUT2D eigenvalue weighted by molar-refractivity contribution is 6.33. The molecule has 0 saturated carbocycles. The maximum absolute atomic E-state index is 12.1. The monoisotopic (exact) mass is 352 g/mol. The minimum absolute atomic E-state index is 0.00575. The maximum Gasteiger partial charge on any atom is 0.340 e. The average Bonchev–Trinajstić information content (AvgIpc) is 3.05. The largest absolute Gasteiger partial charge is 0.467 e. The van der Waals surface area contributed by atoms with Crippen molar-refractivity contribution in [2.75, 3.05) is 0 Å². The van der Waals surface area contributed by atoms with Crippen LogP contribution in [0.15, 0.2) is 41.0 Å². The number of nitrogens with one attached hydrogen (secondary N) is 1. The van der Waals surface area contributed by atoms with Gasteiger partial charge in [-0.15, -0.1) is 0 Å². The molecule has 2 rings (SSSR count). The Kier molecular flexibility index (Phi) is 5.54. The highest BCUT2D eigenvalue weighted by atomic mass is 35.5. The zero-order valence-electron chi connectivity index (χ0n) is 12.5. The molecule has 1 atom stereocenters. The molecule has 0 spiro atoms. The molecule has 126 valence electrons. The Morgan fingerprint density at radius 2 is 2.17 bits per heavy atom. The third kappa shape index (κ3) is 4.32. The Morgan fingerprint density at radius 1 is 1.42 bits per heavy atom. The van der Waals surface area contributed by atoms with Crippen LogP contribution in [0.5, 0.6) is 0 Å². The molecule has 1 heterocycles. The van der Waals surface area contributed by atoms with Gasteiger partial charge >= 0.3 is 5.97 Å². The number of rotatable bonds is 6. The second kappa shape index (κ2) is 7.60. The van der Waals surface area contributed by atoms with Crippen LogP contribution in [-0.2, 0) is 16.1 Å². The smallest absolute Gasteiger partial charge is 0.340 e. The number of furan rings is 1. The number of nitro benzene ring substituents is 1. The molecule has 9 heteroatoms. The molecule has 0 bridgehead atoms. The lowest BCUT2D eigenvalue weighted by Crippen LogP contribution is -2.35. The molecule has 24 heavy (non-hydrogen) atoms. The standard InChI is InChI=1S/C15H13ClN2O6/c1-9(14(19)17-8-11-3-2-6-23-11)24-15(20)12-7-10(18(21)22)4-5-13(12)16/h2-7,9H,8H2,1H3,(H,17,19)/t9-/m0/s1. The summed E-state index contributed by atoms with van der Waals surface area (Å²) in [4.78, 5) is 34.0. The van der Waals surface area contributed by atoms with Crippen molar-refractivity contribution in [2.24, 2.45) is 0 Å². The van der Waals surface area contributed by atoms with E-state index < -0.39 is 22.9 Å². The zero-order chi connectivity index (χ0) is 17.7. The summed E-state index contributed by atoms with van der Waals surface area (Å²) in [5.41, 5.74) is -0.488. The number of benzene rings is 1. The second-order valence-corrected chi connectivity index (χ2v) is 5.17. The van der Waals surface area contributed by atoms with Crippen molar-refractivity contribution >= 4 is 29.2 Å². The average molecular weight is 353 g/mol. The Hall–Kier alpha value is -2.87. The number of esters is 1. The van der Waals surface area contributed by atoms with E-state index in [-0.39, 0.29) is 22.8 Å². The van der Waals surface area contributed by atoms with E-state index in [2.05, 4.69) is 5.32 Å². The summed E-state index contributed by atoms with van der Waals surface area (Å²) in [6, 6.07) is 6.74. The third-order valence-electron chi connectivity index (χ3n) is 3.05. The van der Waals surface area contributed by atoms with Gasteiger partial charge in [-0.25, -0.2) is 4.79 Å². The Balaban J connectivity index is 1.99. The van der Waals surface area contributed by atoms with E-state index in [1.165, 1.54) is 25.3 Å².